The second-order valence-electron chi connectivity index (χ2n) is 4.11. The van der Waals surface area contributed by atoms with Crippen molar-refractivity contribution in [3.63, 3.8) is 0 Å². The molecule has 3 aromatic rings. The zero-order chi connectivity index (χ0) is 15.0. The topological polar surface area (TPSA) is 119 Å². The van der Waals surface area contributed by atoms with E-state index < -0.39 is 11.9 Å². The molecule has 0 spiro atoms. The highest BCUT2D eigenvalue weighted by Gasteiger charge is 2.23. The van der Waals surface area contributed by atoms with E-state index in [1.165, 1.54) is 24.2 Å². The second-order valence-corrected chi connectivity index (χ2v) is 4.11. The molecular formula is C12H10N4O5. The first-order valence-corrected chi connectivity index (χ1v) is 5.90. The number of hydrogen-bond donors (Lipinski definition) is 2. The smallest absolute Gasteiger partial charge is 0.325 e. The Balaban J connectivity index is 2.11. The molecule has 1 amide bonds. The summed E-state index contributed by atoms with van der Waals surface area (Å²) in [6.07, 6.45) is 2.62. The van der Waals surface area contributed by atoms with Crippen LogP contribution in [0.15, 0.2) is 23.1 Å². The van der Waals surface area contributed by atoms with Gasteiger partial charge >= 0.3 is 5.97 Å². The molecular weight excluding hydrogens is 280 g/mol. The van der Waals surface area contributed by atoms with Gasteiger partial charge in [0.15, 0.2) is 22.7 Å². The molecule has 0 aliphatic heterocycles. The van der Waals surface area contributed by atoms with Gasteiger partial charge in [-0.05, 0) is 6.07 Å². The van der Waals surface area contributed by atoms with Crippen LogP contribution in [0, 0.1) is 0 Å². The fourth-order valence-corrected chi connectivity index (χ4v) is 1.98. The number of carbonyl (C=O) groups excluding carboxylic acids is 2. The summed E-state index contributed by atoms with van der Waals surface area (Å²) in [5, 5.41) is 16.9. The highest BCUT2D eigenvalue weighted by atomic mass is 16.5. The Morgan fingerprint density at radius 2 is 2.33 bits per heavy atom. The molecule has 9 nitrogen and oxygen atoms in total. The molecule has 21 heavy (non-hydrogen) atoms. The molecule has 0 aliphatic rings. The van der Waals surface area contributed by atoms with Crippen LogP contribution < -0.4 is 5.32 Å². The van der Waals surface area contributed by atoms with Crippen molar-refractivity contribution in [1.29, 1.82) is 0 Å². The van der Waals surface area contributed by atoms with E-state index in [2.05, 4.69) is 20.1 Å². The summed E-state index contributed by atoms with van der Waals surface area (Å²) >= 11 is 0. The van der Waals surface area contributed by atoms with Crippen LogP contribution in [0.3, 0.4) is 0 Å². The Hall–Kier alpha value is -3.10. The third-order valence-corrected chi connectivity index (χ3v) is 2.94. The van der Waals surface area contributed by atoms with Crippen molar-refractivity contribution in [1.82, 2.24) is 19.9 Å². The number of carbonyl (C=O) groups is 2. The van der Waals surface area contributed by atoms with E-state index >= 15 is 0 Å². The van der Waals surface area contributed by atoms with E-state index in [9.17, 15) is 14.7 Å². The molecule has 0 aliphatic carbocycles. The van der Waals surface area contributed by atoms with Gasteiger partial charge < -0.3 is 19.6 Å². The SMILES string of the molecule is COC(=O)CNC(=O)c1c(O)c2occc2c2ncnn12. The van der Waals surface area contributed by atoms with Crippen molar-refractivity contribution in [2.75, 3.05) is 13.7 Å². The molecule has 0 fully saturated rings. The lowest BCUT2D eigenvalue weighted by Gasteiger charge is -2.08. The van der Waals surface area contributed by atoms with Gasteiger partial charge in [-0.15, -0.1) is 0 Å². The molecule has 108 valence electrons. The number of methoxy groups -OCH3 is 1. The summed E-state index contributed by atoms with van der Waals surface area (Å²) in [6.45, 7) is -0.332. The van der Waals surface area contributed by atoms with Crippen molar-refractivity contribution in [2.45, 2.75) is 0 Å². The first-order valence-electron chi connectivity index (χ1n) is 5.90. The van der Waals surface area contributed by atoms with Gasteiger partial charge in [-0.25, -0.2) is 9.50 Å². The number of nitrogens with zero attached hydrogens (tertiary/aromatic N) is 3. The van der Waals surface area contributed by atoms with E-state index in [1.807, 2.05) is 0 Å². The summed E-state index contributed by atoms with van der Waals surface area (Å²) < 4.78 is 10.8. The van der Waals surface area contributed by atoms with Crippen LogP contribution in [0.25, 0.3) is 16.6 Å². The Labute approximate surface area is 117 Å². The van der Waals surface area contributed by atoms with Gasteiger partial charge in [0.25, 0.3) is 5.91 Å². The van der Waals surface area contributed by atoms with Crippen molar-refractivity contribution >= 4 is 28.5 Å². The number of aromatic nitrogens is 3. The van der Waals surface area contributed by atoms with Gasteiger partial charge in [0.05, 0.1) is 18.8 Å². The first kappa shape index (κ1) is 12.9. The summed E-state index contributed by atoms with van der Waals surface area (Å²) in [5.74, 6) is -1.70. The van der Waals surface area contributed by atoms with Crippen LogP contribution in [0.1, 0.15) is 10.5 Å². The van der Waals surface area contributed by atoms with Crippen LogP contribution >= 0.6 is 0 Å². The van der Waals surface area contributed by atoms with Gasteiger partial charge in [-0.2, -0.15) is 5.10 Å². The van der Waals surface area contributed by atoms with E-state index in [1.54, 1.807) is 6.07 Å². The lowest BCUT2D eigenvalue weighted by atomic mass is 10.2. The number of rotatable bonds is 3. The number of nitrogens with one attached hydrogen (secondary N) is 1. The standard InChI is InChI=1S/C12H10N4O5/c1-20-7(17)4-13-12(19)8-9(18)10-6(2-3-21-10)11-14-5-15-16(8)11/h2-3,5,18H,4H2,1H3,(H,13,19). The third kappa shape index (κ3) is 1.95. The minimum atomic E-state index is -0.702. The fourth-order valence-electron chi connectivity index (χ4n) is 1.98. The Morgan fingerprint density at radius 1 is 1.52 bits per heavy atom. The predicted octanol–water partition coefficient (Wildman–Crippen LogP) is 0.0839. The highest BCUT2D eigenvalue weighted by molar-refractivity contribution is 6.05. The number of hydrogen-bond acceptors (Lipinski definition) is 7. The number of furan rings is 1. The highest BCUT2D eigenvalue weighted by Crippen LogP contribution is 2.31. The lowest BCUT2D eigenvalue weighted by molar-refractivity contribution is -0.139. The monoisotopic (exact) mass is 290 g/mol. The fraction of sp³-hybridized carbons (Fsp3) is 0.167. The number of amides is 1. The minimum absolute atomic E-state index is 0.124. The maximum Gasteiger partial charge on any atom is 0.325 e. The van der Waals surface area contributed by atoms with Crippen molar-refractivity contribution in [2.24, 2.45) is 0 Å². The molecule has 9 heteroatoms. The molecule has 3 heterocycles. The van der Waals surface area contributed by atoms with E-state index in [0.29, 0.717) is 11.0 Å². The molecule has 0 saturated carbocycles. The number of esters is 1. The van der Waals surface area contributed by atoms with Gasteiger partial charge in [-0.1, -0.05) is 0 Å². The Kier molecular flexibility index (Phi) is 2.94. The van der Waals surface area contributed by atoms with Crippen LogP contribution in [0.4, 0.5) is 0 Å². The first-order chi connectivity index (χ1) is 10.1. The molecule has 3 aromatic heterocycles. The van der Waals surface area contributed by atoms with Gasteiger partial charge in [0, 0.05) is 0 Å². The third-order valence-electron chi connectivity index (χ3n) is 2.94. The van der Waals surface area contributed by atoms with E-state index in [0.717, 1.165) is 0 Å². The average Bonchev–Trinajstić information content (AvgIpc) is 3.12. The zero-order valence-corrected chi connectivity index (χ0v) is 10.9. The van der Waals surface area contributed by atoms with Crippen LogP contribution in [0.2, 0.25) is 0 Å². The zero-order valence-electron chi connectivity index (χ0n) is 10.9. The average molecular weight is 290 g/mol. The number of ether oxygens (including phenoxy) is 1. The molecule has 3 rings (SSSR count). The molecule has 0 radical (unpaired) electrons. The maximum atomic E-state index is 12.2. The summed E-state index contributed by atoms with van der Waals surface area (Å²) in [7, 11) is 1.20. The van der Waals surface area contributed by atoms with Gasteiger partial charge in [0.2, 0.25) is 0 Å². The number of pyridine rings is 1. The second kappa shape index (κ2) is 4.78. The largest absolute Gasteiger partial charge is 0.503 e. The van der Waals surface area contributed by atoms with Crippen molar-refractivity contribution in [3.8, 4) is 5.75 Å². The summed E-state index contributed by atoms with van der Waals surface area (Å²) in [5.41, 5.74) is 0.312. The summed E-state index contributed by atoms with van der Waals surface area (Å²) in [4.78, 5) is 27.2. The quantitative estimate of drug-likeness (QED) is 0.656. The minimum Gasteiger partial charge on any atom is -0.503 e. The van der Waals surface area contributed by atoms with Crippen LogP contribution in [-0.4, -0.2) is 45.2 Å². The molecule has 0 saturated heterocycles. The van der Waals surface area contributed by atoms with Crippen molar-refractivity contribution in [3.05, 3.63) is 24.4 Å². The molecule has 2 N–H and O–H groups in total. The lowest BCUT2D eigenvalue weighted by Crippen LogP contribution is -2.31. The molecule has 0 aromatic carbocycles. The molecule has 0 atom stereocenters. The van der Waals surface area contributed by atoms with E-state index in [4.69, 9.17) is 4.42 Å². The molecule has 0 unspecified atom stereocenters. The van der Waals surface area contributed by atoms with Crippen LogP contribution in [0.5, 0.6) is 5.75 Å². The van der Waals surface area contributed by atoms with Gasteiger partial charge in [0.1, 0.15) is 12.9 Å². The maximum absolute atomic E-state index is 12.2. The van der Waals surface area contributed by atoms with Crippen molar-refractivity contribution < 1.29 is 23.8 Å². The predicted molar refractivity (Wildman–Crippen MR) is 68.8 cm³/mol. The van der Waals surface area contributed by atoms with Gasteiger partial charge in [-0.3, -0.25) is 9.59 Å². The van der Waals surface area contributed by atoms with Crippen LogP contribution in [-0.2, 0) is 9.53 Å². The summed E-state index contributed by atoms with van der Waals surface area (Å²) in [6, 6.07) is 1.61. The van der Waals surface area contributed by atoms with E-state index in [-0.39, 0.29) is 23.6 Å². The molecule has 0 bridgehead atoms. The Morgan fingerprint density at radius 3 is 3.10 bits per heavy atom. The Bertz CT molecular complexity index is 850. The number of aromatic hydroxyl groups is 1. The normalized spacial score (nSPS) is 10.9. The number of fused-ring (bicyclic) bond motifs is 3.